The number of sulfonamides is 1. The van der Waals surface area contributed by atoms with E-state index in [-0.39, 0.29) is 25.4 Å². The zero-order valence-corrected chi connectivity index (χ0v) is 20.7. The van der Waals surface area contributed by atoms with Gasteiger partial charge in [-0.1, -0.05) is 62.4 Å². The van der Waals surface area contributed by atoms with Gasteiger partial charge in [0.2, 0.25) is 0 Å². The van der Waals surface area contributed by atoms with E-state index in [1.54, 1.807) is 18.2 Å². The van der Waals surface area contributed by atoms with Gasteiger partial charge in [0.25, 0.3) is 10.0 Å². The van der Waals surface area contributed by atoms with Crippen molar-refractivity contribution < 1.29 is 28.0 Å². The molecular formula is C24H32BN3O6S. The molecule has 188 valence electrons. The fourth-order valence-electron chi connectivity index (χ4n) is 3.26. The summed E-state index contributed by atoms with van der Waals surface area (Å²) in [6, 6.07) is 18.3. The SMILES string of the molecule is CC(C)C[C@H](N)OBO.O=C(O)[C@H](CCc1ccccc1)NS(=O)(=O)c1ccc2ccccc2n1. The molecule has 3 aromatic rings. The molecule has 1 heterocycles. The Labute approximate surface area is 206 Å². The Bertz CT molecular complexity index is 1180. The number of benzene rings is 2. The van der Waals surface area contributed by atoms with E-state index in [2.05, 4.69) is 28.2 Å². The summed E-state index contributed by atoms with van der Waals surface area (Å²) in [6.07, 6.45) is 1.08. The van der Waals surface area contributed by atoms with Crippen LogP contribution >= 0.6 is 0 Å². The summed E-state index contributed by atoms with van der Waals surface area (Å²) in [6.45, 7) is 4.11. The van der Waals surface area contributed by atoms with Crippen LogP contribution in [0.15, 0.2) is 71.8 Å². The van der Waals surface area contributed by atoms with E-state index in [0.29, 0.717) is 17.9 Å². The Balaban J connectivity index is 0.000000410. The molecule has 0 spiro atoms. The second-order valence-corrected chi connectivity index (χ2v) is 10.0. The summed E-state index contributed by atoms with van der Waals surface area (Å²) in [5, 5.41) is 18.3. The molecule has 0 aliphatic heterocycles. The molecule has 0 aliphatic rings. The Hall–Kier alpha value is -2.83. The van der Waals surface area contributed by atoms with Crippen LogP contribution in [-0.4, -0.2) is 49.5 Å². The molecule has 11 heteroatoms. The van der Waals surface area contributed by atoms with Crippen molar-refractivity contribution in [1.82, 2.24) is 9.71 Å². The number of pyridine rings is 1. The first kappa shape index (κ1) is 28.4. The van der Waals surface area contributed by atoms with E-state index in [0.717, 1.165) is 17.4 Å². The molecule has 3 rings (SSSR count). The summed E-state index contributed by atoms with van der Waals surface area (Å²) in [5.41, 5.74) is 6.88. The molecule has 2 atom stereocenters. The van der Waals surface area contributed by atoms with E-state index in [1.165, 1.54) is 6.07 Å². The van der Waals surface area contributed by atoms with Crippen LogP contribution in [0.4, 0.5) is 0 Å². The van der Waals surface area contributed by atoms with E-state index >= 15 is 0 Å². The standard InChI is InChI=1S/C19H18N2O4S.C5H14BNO2/c22-19(23)17(12-10-14-6-2-1-3-7-14)21-26(24,25)18-13-11-15-8-4-5-9-16(15)20-18;1-4(2)3-5(7)9-6-8/h1-9,11,13,17,21H,10,12H2,(H,22,23);4-6,8H,3,7H2,1-2H3/t17-;5-/m01/s1. The van der Waals surface area contributed by atoms with Gasteiger partial charge in [-0.15, -0.1) is 0 Å². The fourth-order valence-corrected chi connectivity index (χ4v) is 4.44. The van der Waals surface area contributed by atoms with Crippen molar-refractivity contribution in [2.24, 2.45) is 11.7 Å². The Morgan fingerprint density at radius 1 is 1.09 bits per heavy atom. The van der Waals surface area contributed by atoms with Gasteiger partial charge < -0.3 is 20.5 Å². The van der Waals surface area contributed by atoms with Crippen LogP contribution in [0.3, 0.4) is 0 Å². The molecule has 5 N–H and O–H groups in total. The van der Waals surface area contributed by atoms with Crippen LogP contribution in [0.25, 0.3) is 10.9 Å². The third-order valence-electron chi connectivity index (χ3n) is 5.00. The molecule has 0 saturated heterocycles. The number of carboxylic acid groups (broad SMARTS) is 1. The van der Waals surface area contributed by atoms with Crippen molar-refractivity contribution in [3.63, 3.8) is 0 Å². The highest BCUT2D eigenvalue weighted by molar-refractivity contribution is 7.89. The first-order chi connectivity index (χ1) is 16.6. The predicted octanol–water partition coefficient (Wildman–Crippen LogP) is 2.19. The highest BCUT2D eigenvalue weighted by Crippen LogP contribution is 2.16. The number of hydrogen-bond donors (Lipinski definition) is 4. The lowest BCUT2D eigenvalue weighted by molar-refractivity contribution is -0.139. The van der Waals surface area contributed by atoms with Gasteiger partial charge in [-0.05, 0) is 48.9 Å². The lowest BCUT2D eigenvalue weighted by Crippen LogP contribution is -2.41. The summed E-state index contributed by atoms with van der Waals surface area (Å²) in [7, 11) is -4.33. The molecule has 0 fully saturated rings. The number of hydrogen-bond acceptors (Lipinski definition) is 7. The van der Waals surface area contributed by atoms with Crippen molar-refractivity contribution in [3.8, 4) is 0 Å². The molecule has 2 aromatic carbocycles. The number of rotatable bonds is 11. The lowest BCUT2D eigenvalue weighted by atomic mass is 10.1. The molecule has 1 aromatic heterocycles. The topological polar surface area (TPSA) is 152 Å². The summed E-state index contributed by atoms with van der Waals surface area (Å²) in [5.74, 6) is -0.697. The number of nitrogens with two attached hydrogens (primary N) is 1. The predicted molar refractivity (Wildman–Crippen MR) is 136 cm³/mol. The summed E-state index contributed by atoms with van der Waals surface area (Å²) >= 11 is 0. The van der Waals surface area contributed by atoms with Gasteiger partial charge in [0.15, 0.2) is 5.03 Å². The van der Waals surface area contributed by atoms with Gasteiger partial charge in [-0.3, -0.25) is 4.79 Å². The number of para-hydroxylation sites is 1. The minimum Gasteiger partial charge on any atom is -0.480 e. The molecule has 0 amide bonds. The quantitative estimate of drug-likeness (QED) is 0.231. The monoisotopic (exact) mass is 501 g/mol. The second kappa shape index (κ2) is 13.9. The van der Waals surface area contributed by atoms with Crippen molar-refractivity contribution in [3.05, 3.63) is 72.3 Å². The fraction of sp³-hybridized carbons (Fsp3) is 0.333. The molecule has 0 aliphatic carbocycles. The Morgan fingerprint density at radius 3 is 2.37 bits per heavy atom. The lowest BCUT2D eigenvalue weighted by Gasteiger charge is -2.14. The van der Waals surface area contributed by atoms with Gasteiger partial charge in [0, 0.05) is 5.39 Å². The molecular weight excluding hydrogens is 469 g/mol. The Morgan fingerprint density at radius 2 is 1.74 bits per heavy atom. The smallest absolute Gasteiger partial charge is 0.436 e. The minimum absolute atomic E-state index is 0.145. The Kier molecular flexibility index (Phi) is 11.3. The zero-order valence-electron chi connectivity index (χ0n) is 19.9. The third-order valence-corrected chi connectivity index (χ3v) is 6.37. The van der Waals surface area contributed by atoms with E-state index < -0.39 is 22.0 Å². The molecule has 0 bridgehead atoms. The summed E-state index contributed by atoms with van der Waals surface area (Å²) in [4.78, 5) is 15.6. The number of fused-ring (bicyclic) bond motifs is 1. The van der Waals surface area contributed by atoms with Crippen LogP contribution in [-0.2, 0) is 25.9 Å². The highest BCUT2D eigenvalue weighted by Gasteiger charge is 2.26. The number of carboxylic acids is 1. The van der Waals surface area contributed by atoms with Crippen LogP contribution < -0.4 is 10.5 Å². The number of carbonyl (C=O) groups is 1. The molecule has 9 nitrogen and oxygen atoms in total. The van der Waals surface area contributed by atoms with Gasteiger partial charge >= 0.3 is 13.7 Å². The average molecular weight is 501 g/mol. The van der Waals surface area contributed by atoms with Gasteiger partial charge in [0.05, 0.1) is 11.7 Å². The number of aryl methyl sites for hydroxylation is 1. The van der Waals surface area contributed by atoms with Crippen LogP contribution in [0.1, 0.15) is 32.3 Å². The number of nitrogens with one attached hydrogen (secondary N) is 1. The molecule has 35 heavy (non-hydrogen) atoms. The van der Waals surface area contributed by atoms with Gasteiger partial charge in [-0.2, -0.15) is 4.72 Å². The second-order valence-electron chi connectivity index (χ2n) is 8.34. The molecule has 0 saturated carbocycles. The maximum Gasteiger partial charge on any atom is 0.436 e. The van der Waals surface area contributed by atoms with Crippen LogP contribution in [0.5, 0.6) is 0 Å². The van der Waals surface area contributed by atoms with Crippen molar-refractivity contribution in [1.29, 1.82) is 0 Å². The van der Waals surface area contributed by atoms with Crippen LogP contribution in [0.2, 0.25) is 0 Å². The van der Waals surface area contributed by atoms with Crippen molar-refractivity contribution in [2.45, 2.75) is 50.4 Å². The average Bonchev–Trinajstić information content (AvgIpc) is 2.82. The number of nitrogens with zero attached hydrogens (tertiary/aromatic N) is 1. The number of aromatic nitrogens is 1. The number of aliphatic carboxylic acids is 1. The zero-order chi connectivity index (χ0) is 25.8. The van der Waals surface area contributed by atoms with E-state index in [9.17, 15) is 18.3 Å². The van der Waals surface area contributed by atoms with E-state index in [4.69, 9.17) is 10.8 Å². The first-order valence-electron chi connectivity index (χ1n) is 11.2. The summed E-state index contributed by atoms with van der Waals surface area (Å²) < 4.78 is 32.1. The highest BCUT2D eigenvalue weighted by atomic mass is 32.2. The van der Waals surface area contributed by atoms with E-state index in [1.807, 2.05) is 42.5 Å². The van der Waals surface area contributed by atoms with Crippen molar-refractivity contribution >= 4 is 34.6 Å². The largest absolute Gasteiger partial charge is 0.480 e. The van der Waals surface area contributed by atoms with Crippen molar-refractivity contribution in [2.75, 3.05) is 0 Å². The minimum atomic E-state index is -4.04. The maximum absolute atomic E-state index is 12.6. The third kappa shape index (κ3) is 9.75. The molecule has 0 radical (unpaired) electrons. The maximum atomic E-state index is 12.6. The van der Waals surface area contributed by atoms with Crippen LogP contribution in [0, 0.1) is 5.92 Å². The normalized spacial score (nSPS) is 13.1. The van der Waals surface area contributed by atoms with Gasteiger partial charge in [0.1, 0.15) is 6.04 Å². The first-order valence-corrected chi connectivity index (χ1v) is 12.7. The molecule has 0 unspecified atom stereocenters. The van der Waals surface area contributed by atoms with Gasteiger partial charge in [-0.25, -0.2) is 13.4 Å².